The fourth-order valence-electron chi connectivity index (χ4n) is 1.78. The van der Waals surface area contributed by atoms with E-state index in [1.807, 2.05) is 6.20 Å². The van der Waals surface area contributed by atoms with Gasteiger partial charge in [0, 0.05) is 29.8 Å². The van der Waals surface area contributed by atoms with Crippen LogP contribution >= 0.6 is 11.5 Å². The summed E-state index contributed by atoms with van der Waals surface area (Å²) in [6.45, 7) is 2.13. The molecule has 0 saturated heterocycles. The number of nitrogens with one attached hydrogen (secondary N) is 2. The summed E-state index contributed by atoms with van der Waals surface area (Å²) in [5.41, 5.74) is 0. The van der Waals surface area contributed by atoms with Crippen LogP contribution in [0.2, 0.25) is 0 Å². The number of aromatic amines is 1. The number of hydrogen-bond acceptors (Lipinski definition) is 5. The summed E-state index contributed by atoms with van der Waals surface area (Å²) in [6.07, 6.45) is 7.06. The van der Waals surface area contributed by atoms with Gasteiger partial charge in [-0.2, -0.15) is 4.37 Å². The van der Waals surface area contributed by atoms with Crippen LogP contribution in [0.4, 0.5) is 5.13 Å². The smallest absolute Gasteiger partial charge is 0.203 e. The molecule has 1 unspecified atom stereocenters. The molecule has 1 aliphatic carbocycles. The molecule has 90 valence electrons. The molecule has 2 aromatic heterocycles. The van der Waals surface area contributed by atoms with Crippen molar-refractivity contribution in [2.24, 2.45) is 0 Å². The van der Waals surface area contributed by atoms with Crippen molar-refractivity contribution < 1.29 is 0 Å². The number of imidazole rings is 1. The Kier molecular flexibility index (Phi) is 2.80. The van der Waals surface area contributed by atoms with E-state index in [0.717, 1.165) is 23.2 Å². The molecule has 0 aliphatic heterocycles. The summed E-state index contributed by atoms with van der Waals surface area (Å²) in [5, 5.41) is 4.28. The van der Waals surface area contributed by atoms with Crippen molar-refractivity contribution in [1.29, 1.82) is 0 Å². The molecule has 6 heteroatoms. The van der Waals surface area contributed by atoms with Gasteiger partial charge in [0.1, 0.15) is 11.6 Å². The Labute approximate surface area is 104 Å². The fourth-order valence-corrected chi connectivity index (χ4v) is 2.48. The third-order valence-electron chi connectivity index (χ3n) is 2.94. The number of nitrogens with zero attached hydrogens (tertiary/aromatic N) is 3. The fraction of sp³-hybridized carbons (Fsp3) is 0.545. The van der Waals surface area contributed by atoms with E-state index in [-0.39, 0.29) is 6.04 Å². The lowest BCUT2D eigenvalue weighted by Gasteiger charge is -2.12. The maximum Gasteiger partial charge on any atom is 0.203 e. The molecular formula is C11H15N5S. The van der Waals surface area contributed by atoms with Crippen LogP contribution in [0.5, 0.6) is 0 Å². The molecule has 3 rings (SSSR count). The molecule has 0 bridgehead atoms. The molecule has 1 atom stereocenters. The van der Waals surface area contributed by atoms with Gasteiger partial charge in [0.15, 0.2) is 0 Å². The first kappa shape index (κ1) is 10.7. The normalized spacial score (nSPS) is 17.0. The zero-order valence-corrected chi connectivity index (χ0v) is 10.5. The summed E-state index contributed by atoms with van der Waals surface area (Å²) in [5.74, 6) is 2.58. The molecule has 1 saturated carbocycles. The second-order valence-corrected chi connectivity index (χ2v) is 5.06. The maximum absolute atomic E-state index is 4.52. The second-order valence-electron chi connectivity index (χ2n) is 4.31. The van der Waals surface area contributed by atoms with Crippen molar-refractivity contribution in [3.63, 3.8) is 0 Å². The van der Waals surface area contributed by atoms with Gasteiger partial charge in [-0.1, -0.05) is 6.92 Å². The Bertz CT molecular complexity index is 474. The van der Waals surface area contributed by atoms with E-state index in [9.17, 15) is 0 Å². The highest BCUT2D eigenvalue weighted by molar-refractivity contribution is 7.09. The van der Waals surface area contributed by atoms with Crippen molar-refractivity contribution in [3.05, 3.63) is 24.0 Å². The van der Waals surface area contributed by atoms with Crippen LogP contribution in [0, 0.1) is 0 Å². The van der Waals surface area contributed by atoms with E-state index < -0.39 is 0 Å². The summed E-state index contributed by atoms with van der Waals surface area (Å²) in [4.78, 5) is 11.9. The largest absolute Gasteiger partial charge is 0.350 e. The standard InChI is InChI=1S/C11H15N5S/c1-2-8(10-12-5-6-13-10)14-11-15-9(16-17-11)7-3-4-7/h5-8H,2-4H2,1H3,(H,12,13)(H,14,15,16). The predicted molar refractivity (Wildman–Crippen MR) is 67.1 cm³/mol. The highest BCUT2D eigenvalue weighted by Gasteiger charge is 2.28. The Morgan fingerprint density at radius 3 is 3.12 bits per heavy atom. The van der Waals surface area contributed by atoms with E-state index in [1.165, 1.54) is 24.4 Å². The molecule has 1 aliphatic rings. The van der Waals surface area contributed by atoms with Gasteiger partial charge in [0.2, 0.25) is 5.13 Å². The van der Waals surface area contributed by atoms with Crippen molar-refractivity contribution in [1.82, 2.24) is 19.3 Å². The lowest BCUT2D eigenvalue weighted by atomic mass is 10.2. The molecule has 1 fully saturated rings. The van der Waals surface area contributed by atoms with Crippen molar-refractivity contribution in [2.45, 2.75) is 38.1 Å². The first-order valence-corrected chi connectivity index (χ1v) is 6.73. The SMILES string of the molecule is CCC(Nc1nc(C2CC2)ns1)c1ncc[nH]1. The van der Waals surface area contributed by atoms with Crippen LogP contribution < -0.4 is 5.32 Å². The molecule has 2 aromatic rings. The predicted octanol–water partition coefficient (Wildman–Crippen LogP) is 2.70. The molecule has 0 aromatic carbocycles. The Morgan fingerprint density at radius 1 is 1.59 bits per heavy atom. The topological polar surface area (TPSA) is 66.5 Å². The van der Waals surface area contributed by atoms with Crippen molar-refractivity contribution in [2.75, 3.05) is 5.32 Å². The van der Waals surface area contributed by atoms with Crippen LogP contribution in [-0.4, -0.2) is 19.3 Å². The zero-order valence-electron chi connectivity index (χ0n) is 9.68. The van der Waals surface area contributed by atoms with Gasteiger partial charge in [-0.15, -0.1) is 0 Å². The van der Waals surface area contributed by atoms with E-state index in [0.29, 0.717) is 5.92 Å². The lowest BCUT2D eigenvalue weighted by Crippen LogP contribution is -2.11. The van der Waals surface area contributed by atoms with Crippen LogP contribution in [0.25, 0.3) is 0 Å². The third-order valence-corrected chi connectivity index (χ3v) is 3.60. The first-order valence-electron chi connectivity index (χ1n) is 5.96. The number of rotatable bonds is 5. The summed E-state index contributed by atoms with van der Waals surface area (Å²) in [6, 6.07) is 0.185. The molecule has 17 heavy (non-hydrogen) atoms. The molecule has 0 radical (unpaired) electrons. The van der Waals surface area contributed by atoms with Gasteiger partial charge < -0.3 is 10.3 Å². The highest BCUT2D eigenvalue weighted by Crippen LogP contribution is 2.39. The molecule has 2 heterocycles. The Balaban J connectivity index is 1.71. The molecular weight excluding hydrogens is 234 g/mol. The van der Waals surface area contributed by atoms with Crippen LogP contribution in [0.3, 0.4) is 0 Å². The Hall–Kier alpha value is -1.43. The van der Waals surface area contributed by atoms with E-state index >= 15 is 0 Å². The number of H-pyrrole nitrogens is 1. The minimum absolute atomic E-state index is 0.185. The summed E-state index contributed by atoms with van der Waals surface area (Å²) < 4.78 is 4.38. The van der Waals surface area contributed by atoms with Gasteiger partial charge in [0.05, 0.1) is 6.04 Å². The van der Waals surface area contributed by atoms with Gasteiger partial charge in [-0.05, 0) is 19.3 Å². The lowest BCUT2D eigenvalue weighted by molar-refractivity contribution is 0.702. The zero-order chi connectivity index (χ0) is 11.7. The minimum Gasteiger partial charge on any atom is -0.350 e. The van der Waals surface area contributed by atoms with Crippen LogP contribution in [0.1, 0.15) is 49.8 Å². The van der Waals surface area contributed by atoms with Crippen LogP contribution in [0.15, 0.2) is 12.4 Å². The molecule has 0 amide bonds. The second kappa shape index (κ2) is 4.44. The quantitative estimate of drug-likeness (QED) is 0.855. The van der Waals surface area contributed by atoms with Gasteiger partial charge in [-0.25, -0.2) is 9.97 Å². The van der Waals surface area contributed by atoms with Crippen molar-refractivity contribution >= 4 is 16.7 Å². The third kappa shape index (κ3) is 2.31. The number of hydrogen-bond donors (Lipinski definition) is 2. The summed E-state index contributed by atoms with van der Waals surface area (Å²) >= 11 is 1.44. The van der Waals surface area contributed by atoms with E-state index in [1.54, 1.807) is 6.20 Å². The van der Waals surface area contributed by atoms with Gasteiger partial charge >= 0.3 is 0 Å². The average molecular weight is 249 g/mol. The van der Waals surface area contributed by atoms with E-state index in [4.69, 9.17) is 0 Å². The molecule has 2 N–H and O–H groups in total. The minimum atomic E-state index is 0.185. The number of aromatic nitrogens is 4. The molecule has 0 spiro atoms. The summed E-state index contributed by atoms with van der Waals surface area (Å²) in [7, 11) is 0. The van der Waals surface area contributed by atoms with E-state index in [2.05, 4.69) is 31.6 Å². The van der Waals surface area contributed by atoms with Gasteiger partial charge in [0.25, 0.3) is 0 Å². The van der Waals surface area contributed by atoms with Crippen molar-refractivity contribution in [3.8, 4) is 0 Å². The average Bonchev–Trinajstić information content (AvgIpc) is 2.89. The first-order chi connectivity index (χ1) is 8.36. The monoisotopic (exact) mass is 249 g/mol. The maximum atomic E-state index is 4.52. The number of anilines is 1. The highest BCUT2D eigenvalue weighted by atomic mass is 32.1. The molecule has 5 nitrogen and oxygen atoms in total. The van der Waals surface area contributed by atoms with Crippen LogP contribution in [-0.2, 0) is 0 Å². The Morgan fingerprint density at radius 2 is 2.47 bits per heavy atom. The van der Waals surface area contributed by atoms with Gasteiger partial charge in [-0.3, -0.25) is 0 Å².